The lowest BCUT2D eigenvalue weighted by Gasteiger charge is -2.32. The number of rotatable bonds is 5. The Morgan fingerprint density at radius 2 is 1.88 bits per heavy atom. The van der Waals surface area contributed by atoms with Crippen molar-refractivity contribution in [1.29, 1.82) is 0 Å². The van der Waals surface area contributed by atoms with Crippen molar-refractivity contribution in [1.82, 2.24) is 9.88 Å². The number of nitrogens with zero attached hydrogens (tertiary/aromatic N) is 2. The van der Waals surface area contributed by atoms with Crippen molar-refractivity contribution in [2.24, 2.45) is 0 Å². The molecule has 4 rings (SSSR count). The van der Waals surface area contributed by atoms with Gasteiger partial charge in [-0.25, -0.2) is 4.98 Å². The Bertz CT molecular complexity index is 1150. The van der Waals surface area contributed by atoms with Crippen molar-refractivity contribution in [3.05, 3.63) is 69.7 Å². The zero-order chi connectivity index (χ0) is 23.6. The van der Waals surface area contributed by atoms with Gasteiger partial charge in [-0.05, 0) is 48.6 Å². The Morgan fingerprint density at radius 3 is 2.48 bits per heavy atom. The van der Waals surface area contributed by atoms with Crippen LogP contribution in [0.25, 0.3) is 11.1 Å². The number of ether oxygens (including phenoxy) is 1. The first-order valence-electron chi connectivity index (χ1n) is 10.4. The second kappa shape index (κ2) is 9.35. The van der Waals surface area contributed by atoms with Gasteiger partial charge in [-0.15, -0.1) is 24.5 Å². The van der Waals surface area contributed by atoms with Crippen molar-refractivity contribution in [3.8, 4) is 16.9 Å². The first kappa shape index (κ1) is 23.0. The molecule has 33 heavy (non-hydrogen) atoms. The Labute approximate surface area is 192 Å². The Hall–Kier alpha value is -3.20. The summed E-state index contributed by atoms with van der Waals surface area (Å²) in [6, 6.07) is 11.6. The van der Waals surface area contributed by atoms with E-state index in [0.29, 0.717) is 49.0 Å². The van der Waals surface area contributed by atoms with Gasteiger partial charge in [-0.2, -0.15) is 0 Å². The van der Waals surface area contributed by atoms with Gasteiger partial charge in [0.2, 0.25) is 0 Å². The fourth-order valence-corrected chi connectivity index (χ4v) is 5.08. The highest BCUT2D eigenvalue weighted by atomic mass is 32.1. The van der Waals surface area contributed by atoms with E-state index in [1.54, 1.807) is 17.2 Å². The van der Waals surface area contributed by atoms with E-state index in [1.165, 1.54) is 23.5 Å². The van der Waals surface area contributed by atoms with E-state index >= 15 is 0 Å². The third-order valence-corrected chi connectivity index (χ3v) is 6.65. The molecule has 2 aromatic carbocycles. The number of aromatic nitrogens is 1. The number of hydrogen-bond acceptors (Lipinski definition) is 5. The number of piperidine rings is 1. The molecule has 1 saturated heterocycles. The highest BCUT2D eigenvalue weighted by Crippen LogP contribution is 2.36. The molecule has 0 unspecified atom stereocenters. The molecule has 0 bridgehead atoms. The monoisotopic (exact) mass is 474 g/mol. The van der Waals surface area contributed by atoms with Crippen LogP contribution in [0.3, 0.4) is 0 Å². The van der Waals surface area contributed by atoms with Gasteiger partial charge in [0.1, 0.15) is 11.4 Å². The number of halogens is 3. The lowest BCUT2D eigenvalue weighted by Crippen LogP contribution is -2.38. The predicted molar refractivity (Wildman–Crippen MR) is 119 cm³/mol. The quantitative estimate of drug-likeness (QED) is 0.436. The summed E-state index contributed by atoms with van der Waals surface area (Å²) in [5.41, 5.74) is 2.43. The van der Waals surface area contributed by atoms with E-state index in [0.717, 1.165) is 10.6 Å². The van der Waals surface area contributed by atoms with E-state index in [-0.39, 0.29) is 17.4 Å². The average molecular weight is 475 g/mol. The molecule has 0 atom stereocenters. The number of amides is 1. The Kier molecular flexibility index (Phi) is 6.51. The third kappa shape index (κ3) is 5.24. The van der Waals surface area contributed by atoms with Gasteiger partial charge < -0.3 is 9.64 Å². The van der Waals surface area contributed by atoms with Crippen LogP contribution in [0, 0.1) is 6.92 Å². The molecule has 0 saturated carbocycles. The van der Waals surface area contributed by atoms with E-state index in [9.17, 15) is 22.8 Å². The number of likely N-dealkylation sites (tertiary alicyclic amines) is 1. The minimum atomic E-state index is -4.85. The molecule has 3 aromatic rings. The highest BCUT2D eigenvalue weighted by molar-refractivity contribution is 7.09. The molecule has 1 aliphatic rings. The smallest absolute Gasteiger partial charge is 0.406 e. The van der Waals surface area contributed by atoms with Crippen LogP contribution in [0.1, 0.15) is 50.2 Å². The van der Waals surface area contributed by atoms with Crippen LogP contribution in [0.5, 0.6) is 5.75 Å². The number of carbonyl (C=O) groups excluding carboxylic acids is 2. The van der Waals surface area contributed by atoms with Crippen LogP contribution in [-0.4, -0.2) is 41.5 Å². The summed E-state index contributed by atoms with van der Waals surface area (Å²) >= 11 is 1.43. The lowest BCUT2D eigenvalue weighted by atomic mass is 9.92. The van der Waals surface area contributed by atoms with Crippen LogP contribution >= 0.6 is 11.3 Å². The number of thiazole rings is 1. The van der Waals surface area contributed by atoms with E-state index < -0.39 is 12.1 Å². The molecule has 2 heterocycles. The Balaban J connectivity index is 1.62. The molecular weight excluding hydrogens is 453 g/mol. The van der Waals surface area contributed by atoms with Crippen molar-refractivity contribution in [3.63, 3.8) is 0 Å². The minimum absolute atomic E-state index is 0.142. The topological polar surface area (TPSA) is 59.5 Å². The lowest BCUT2D eigenvalue weighted by molar-refractivity contribution is -0.274. The van der Waals surface area contributed by atoms with Gasteiger partial charge in [-0.3, -0.25) is 9.59 Å². The SMILES string of the molecule is Cc1cc(OC(F)(F)F)cc(C(=O)N2CCC(c3nc(C=O)cs3)CC2)c1-c1ccccc1. The zero-order valence-electron chi connectivity index (χ0n) is 17.8. The summed E-state index contributed by atoms with van der Waals surface area (Å²) in [6.45, 7) is 2.55. The summed E-state index contributed by atoms with van der Waals surface area (Å²) < 4.78 is 42.7. The fraction of sp³-hybridized carbons (Fsp3) is 0.292. The number of aryl methyl sites for hydroxylation is 1. The number of alkyl halides is 3. The van der Waals surface area contributed by atoms with Crippen LogP contribution < -0.4 is 4.74 Å². The summed E-state index contributed by atoms with van der Waals surface area (Å²) in [7, 11) is 0. The van der Waals surface area contributed by atoms with Crippen LogP contribution in [0.2, 0.25) is 0 Å². The summed E-state index contributed by atoms with van der Waals surface area (Å²) in [4.78, 5) is 30.4. The fourth-order valence-electron chi connectivity index (χ4n) is 4.15. The highest BCUT2D eigenvalue weighted by Gasteiger charge is 2.33. The second-order valence-corrected chi connectivity index (χ2v) is 8.76. The molecule has 1 aliphatic heterocycles. The van der Waals surface area contributed by atoms with Gasteiger partial charge in [-0.1, -0.05) is 30.3 Å². The van der Waals surface area contributed by atoms with Crippen molar-refractivity contribution >= 4 is 23.5 Å². The van der Waals surface area contributed by atoms with Crippen molar-refractivity contribution in [2.75, 3.05) is 13.1 Å². The van der Waals surface area contributed by atoms with Crippen molar-refractivity contribution in [2.45, 2.75) is 32.0 Å². The number of hydrogen-bond donors (Lipinski definition) is 0. The standard InChI is InChI=1S/C24H21F3N2O3S/c1-15-11-19(32-24(25,26)27)12-20(21(15)16-5-3-2-4-6-16)23(31)29-9-7-17(8-10-29)22-28-18(13-30)14-33-22/h2-6,11-14,17H,7-10H2,1H3. The molecule has 1 aromatic heterocycles. The molecule has 9 heteroatoms. The van der Waals surface area contributed by atoms with Gasteiger partial charge in [0.15, 0.2) is 6.29 Å². The molecule has 1 fully saturated rings. The predicted octanol–water partition coefficient (Wildman–Crippen LogP) is 5.85. The molecule has 0 N–H and O–H groups in total. The van der Waals surface area contributed by atoms with Gasteiger partial charge >= 0.3 is 6.36 Å². The van der Waals surface area contributed by atoms with E-state index in [4.69, 9.17) is 0 Å². The molecule has 0 radical (unpaired) electrons. The maximum atomic E-state index is 13.5. The summed E-state index contributed by atoms with van der Waals surface area (Å²) in [5, 5.41) is 2.58. The summed E-state index contributed by atoms with van der Waals surface area (Å²) in [6.07, 6.45) is -2.82. The molecule has 0 spiro atoms. The Morgan fingerprint density at radius 1 is 1.18 bits per heavy atom. The maximum absolute atomic E-state index is 13.5. The molecule has 172 valence electrons. The largest absolute Gasteiger partial charge is 0.573 e. The molecule has 5 nitrogen and oxygen atoms in total. The number of aldehydes is 1. The minimum Gasteiger partial charge on any atom is -0.406 e. The van der Waals surface area contributed by atoms with Gasteiger partial charge in [0.25, 0.3) is 5.91 Å². The molecule has 1 amide bonds. The van der Waals surface area contributed by atoms with Crippen LogP contribution in [0.4, 0.5) is 13.2 Å². The van der Waals surface area contributed by atoms with Crippen molar-refractivity contribution < 1.29 is 27.5 Å². The first-order valence-corrected chi connectivity index (χ1v) is 11.3. The number of carbonyl (C=O) groups is 2. The van der Waals surface area contributed by atoms with E-state index in [2.05, 4.69) is 9.72 Å². The maximum Gasteiger partial charge on any atom is 0.573 e. The van der Waals surface area contributed by atoms with Crippen LogP contribution in [0.15, 0.2) is 47.8 Å². The average Bonchev–Trinajstić information content (AvgIpc) is 3.27. The molecule has 0 aliphatic carbocycles. The number of benzene rings is 2. The molecular formula is C24H21F3N2O3S. The van der Waals surface area contributed by atoms with E-state index in [1.807, 2.05) is 30.3 Å². The first-order chi connectivity index (χ1) is 15.7. The van der Waals surface area contributed by atoms with Crippen LogP contribution in [-0.2, 0) is 0 Å². The normalized spacial score (nSPS) is 14.8. The van der Waals surface area contributed by atoms with Gasteiger partial charge in [0.05, 0.1) is 10.6 Å². The summed E-state index contributed by atoms with van der Waals surface area (Å²) in [5.74, 6) is -0.610. The third-order valence-electron chi connectivity index (χ3n) is 5.63. The van der Waals surface area contributed by atoms with Gasteiger partial charge in [0, 0.05) is 24.4 Å². The zero-order valence-corrected chi connectivity index (χ0v) is 18.6. The second-order valence-electron chi connectivity index (χ2n) is 7.87.